The van der Waals surface area contributed by atoms with Crippen molar-refractivity contribution in [2.45, 2.75) is 19.4 Å². The van der Waals surface area contributed by atoms with E-state index in [9.17, 15) is 9.18 Å². The molecule has 2 aromatic carbocycles. The standard InChI is InChI=1S/C22H24FN3O2/c1-16-2-4-17(5-3-16)20-14-21(18-6-8-19(23)9-7-18)26(24-20)22(27)15-25-10-12-28-13-11-25/h2-9,21H,10-15H2,1H3/t21-/m1/s1. The average Bonchev–Trinajstić information content (AvgIpc) is 3.15. The molecule has 28 heavy (non-hydrogen) atoms. The second-order valence-corrected chi connectivity index (χ2v) is 7.31. The molecule has 5 nitrogen and oxygen atoms in total. The number of carbonyl (C=O) groups is 1. The van der Waals surface area contributed by atoms with Gasteiger partial charge in [0.15, 0.2) is 0 Å². The molecule has 4 rings (SSSR count). The smallest absolute Gasteiger partial charge is 0.257 e. The number of carbonyl (C=O) groups excluding carboxylic acids is 1. The van der Waals surface area contributed by atoms with Crippen LogP contribution in [0.3, 0.4) is 0 Å². The van der Waals surface area contributed by atoms with Crippen molar-refractivity contribution in [2.75, 3.05) is 32.8 Å². The maximum absolute atomic E-state index is 13.4. The van der Waals surface area contributed by atoms with Gasteiger partial charge >= 0.3 is 0 Å². The highest BCUT2D eigenvalue weighted by molar-refractivity contribution is 6.03. The molecule has 0 bridgehead atoms. The van der Waals surface area contributed by atoms with Gasteiger partial charge in [-0.25, -0.2) is 9.40 Å². The van der Waals surface area contributed by atoms with Gasteiger partial charge in [0, 0.05) is 19.5 Å². The molecule has 0 N–H and O–H groups in total. The summed E-state index contributed by atoms with van der Waals surface area (Å²) in [5, 5.41) is 6.26. The lowest BCUT2D eigenvalue weighted by Gasteiger charge is -2.29. The number of hydrogen-bond donors (Lipinski definition) is 0. The molecule has 0 spiro atoms. The summed E-state index contributed by atoms with van der Waals surface area (Å²) in [5.74, 6) is -0.328. The highest BCUT2D eigenvalue weighted by Gasteiger charge is 2.33. The zero-order valence-corrected chi connectivity index (χ0v) is 16.0. The Morgan fingerprint density at radius 3 is 2.46 bits per heavy atom. The van der Waals surface area contributed by atoms with E-state index in [0.717, 1.165) is 29.9 Å². The van der Waals surface area contributed by atoms with Crippen LogP contribution in [-0.2, 0) is 9.53 Å². The van der Waals surface area contributed by atoms with E-state index in [4.69, 9.17) is 4.74 Å². The maximum Gasteiger partial charge on any atom is 0.257 e. The zero-order valence-electron chi connectivity index (χ0n) is 16.0. The molecule has 1 atom stereocenters. The topological polar surface area (TPSA) is 45.1 Å². The number of ether oxygens (including phenoxy) is 1. The Morgan fingerprint density at radius 1 is 1.11 bits per heavy atom. The van der Waals surface area contributed by atoms with Crippen molar-refractivity contribution in [1.29, 1.82) is 0 Å². The molecular weight excluding hydrogens is 357 g/mol. The first-order valence-electron chi connectivity index (χ1n) is 9.62. The van der Waals surface area contributed by atoms with Gasteiger partial charge in [0.05, 0.1) is 31.5 Å². The minimum Gasteiger partial charge on any atom is -0.379 e. The van der Waals surface area contributed by atoms with Crippen molar-refractivity contribution in [3.63, 3.8) is 0 Å². The fourth-order valence-electron chi connectivity index (χ4n) is 3.63. The lowest BCUT2D eigenvalue weighted by atomic mass is 9.98. The van der Waals surface area contributed by atoms with Crippen molar-refractivity contribution in [3.8, 4) is 0 Å². The van der Waals surface area contributed by atoms with Gasteiger partial charge in [-0.1, -0.05) is 42.0 Å². The lowest BCUT2D eigenvalue weighted by Crippen LogP contribution is -2.43. The van der Waals surface area contributed by atoms with Crippen molar-refractivity contribution < 1.29 is 13.9 Å². The molecular formula is C22H24FN3O2. The van der Waals surface area contributed by atoms with E-state index in [0.29, 0.717) is 26.2 Å². The molecule has 0 unspecified atom stereocenters. The first-order chi connectivity index (χ1) is 13.6. The number of amides is 1. The lowest BCUT2D eigenvalue weighted by molar-refractivity contribution is -0.135. The Bertz CT molecular complexity index is 858. The van der Waals surface area contributed by atoms with E-state index >= 15 is 0 Å². The molecule has 1 fully saturated rings. The minimum absolute atomic E-state index is 0.0432. The maximum atomic E-state index is 13.4. The van der Waals surface area contributed by atoms with Gasteiger partial charge in [0.25, 0.3) is 5.91 Å². The first-order valence-corrected chi connectivity index (χ1v) is 9.62. The predicted molar refractivity (Wildman–Crippen MR) is 106 cm³/mol. The van der Waals surface area contributed by atoms with Crippen LogP contribution in [0.1, 0.15) is 29.2 Å². The van der Waals surface area contributed by atoms with Crippen molar-refractivity contribution in [2.24, 2.45) is 5.10 Å². The number of hydrogen-bond acceptors (Lipinski definition) is 4. The predicted octanol–water partition coefficient (Wildman–Crippen LogP) is 3.14. The van der Waals surface area contributed by atoms with Crippen LogP contribution >= 0.6 is 0 Å². The molecule has 0 radical (unpaired) electrons. The summed E-state index contributed by atoms with van der Waals surface area (Å²) >= 11 is 0. The van der Waals surface area contributed by atoms with Crippen LogP contribution < -0.4 is 0 Å². The molecule has 0 aliphatic carbocycles. The fourth-order valence-corrected chi connectivity index (χ4v) is 3.63. The summed E-state index contributed by atoms with van der Waals surface area (Å²) in [6, 6.07) is 14.3. The Morgan fingerprint density at radius 2 is 1.79 bits per heavy atom. The zero-order chi connectivity index (χ0) is 19.5. The third-order valence-electron chi connectivity index (χ3n) is 5.27. The van der Waals surface area contributed by atoms with Gasteiger partial charge in [-0.15, -0.1) is 0 Å². The summed E-state index contributed by atoms with van der Waals surface area (Å²) < 4.78 is 18.8. The second kappa shape index (κ2) is 8.20. The first kappa shape index (κ1) is 18.8. The van der Waals surface area contributed by atoms with Crippen LogP contribution in [0.5, 0.6) is 0 Å². The van der Waals surface area contributed by atoms with Gasteiger partial charge in [0.1, 0.15) is 5.82 Å². The van der Waals surface area contributed by atoms with E-state index in [2.05, 4.69) is 10.0 Å². The fraction of sp³-hybridized carbons (Fsp3) is 0.364. The molecule has 2 aliphatic heterocycles. The van der Waals surface area contributed by atoms with E-state index in [1.165, 1.54) is 17.7 Å². The molecule has 1 saturated heterocycles. The molecule has 0 aromatic heterocycles. The van der Waals surface area contributed by atoms with Gasteiger partial charge in [-0.05, 0) is 30.2 Å². The minimum atomic E-state index is -0.285. The SMILES string of the molecule is Cc1ccc(C2=NN(C(=O)CN3CCOCC3)[C@@H](c3ccc(F)cc3)C2)cc1. The van der Waals surface area contributed by atoms with Crippen molar-refractivity contribution >= 4 is 11.6 Å². The number of morpholine rings is 1. The van der Waals surface area contributed by atoms with E-state index < -0.39 is 0 Å². The summed E-state index contributed by atoms with van der Waals surface area (Å²) in [6.07, 6.45) is 0.615. The number of hydrazone groups is 1. The van der Waals surface area contributed by atoms with Crippen LogP contribution in [0.2, 0.25) is 0 Å². The summed E-state index contributed by atoms with van der Waals surface area (Å²) in [4.78, 5) is 15.1. The van der Waals surface area contributed by atoms with E-state index in [1.54, 1.807) is 17.1 Å². The number of rotatable bonds is 4. The quantitative estimate of drug-likeness (QED) is 0.817. The Balaban J connectivity index is 1.59. The Kier molecular flexibility index (Phi) is 5.50. The third-order valence-corrected chi connectivity index (χ3v) is 5.27. The highest BCUT2D eigenvalue weighted by Crippen LogP contribution is 2.33. The number of nitrogens with zero attached hydrogens (tertiary/aromatic N) is 3. The molecule has 2 aliphatic rings. The molecule has 2 aromatic rings. The van der Waals surface area contributed by atoms with Crippen LogP contribution in [0.25, 0.3) is 0 Å². The van der Waals surface area contributed by atoms with Crippen molar-refractivity contribution in [3.05, 3.63) is 71.0 Å². The van der Waals surface area contributed by atoms with Gasteiger partial charge in [-0.2, -0.15) is 5.10 Å². The molecule has 6 heteroatoms. The summed E-state index contributed by atoms with van der Waals surface area (Å²) in [6.45, 7) is 5.13. The number of benzene rings is 2. The summed E-state index contributed by atoms with van der Waals surface area (Å²) in [7, 11) is 0. The van der Waals surface area contributed by atoms with Crippen LogP contribution in [0, 0.1) is 12.7 Å². The normalized spacial score (nSPS) is 20.3. The third kappa shape index (κ3) is 4.13. The number of halogens is 1. The molecule has 2 heterocycles. The van der Waals surface area contributed by atoms with Gasteiger partial charge in [0.2, 0.25) is 0 Å². The van der Waals surface area contributed by atoms with Crippen molar-refractivity contribution in [1.82, 2.24) is 9.91 Å². The van der Waals surface area contributed by atoms with Crippen LogP contribution in [0.15, 0.2) is 53.6 Å². The van der Waals surface area contributed by atoms with E-state index in [1.807, 2.05) is 31.2 Å². The van der Waals surface area contributed by atoms with Crippen LogP contribution in [0.4, 0.5) is 4.39 Å². The molecule has 146 valence electrons. The Hall–Kier alpha value is -2.57. The molecule has 0 saturated carbocycles. The van der Waals surface area contributed by atoms with Gasteiger partial charge < -0.3 is 4.74 Å². The average molecular weight is 381 g/mol. The largest absolute Gasteiger partial charge is 0.379 e. The van der Waals surface area contributed by atoms with E-state index in [-0.39, 0.29) is 17.8 Å². The number of aryl methyl sites for hydroxylation is 1. The van der Waals surface area contributed by atoms with Gasteiger partial charge in [-0.3, -0.25) is 9.69 Å². The van der Waals surface area contributed by atoms with Crippen LogP contribution in [-0.4, -0.2) is 54.4 Å². The monoisotopic (exact) mass is 381 g/mol. The summed E-state index contributed by atoms with van der Waals surface area (Å²) in [5.41, 5.74) is 3.96. The molecule has 1 amide bonds. The Labute approximate surface area is 164 Å². The second-order valence-electron chi connectivity index (χ2n) is 7.31. The highest BCUT2D eigenvalue weighted by atomic mass is 19.1.